The number of halogens is 1. The third kappa shape index (κ3) is 3.92. The molecule has 0 saturated heterocycles. The van der Waals surface area contributed by atoms with Crippen LogP contribution in [0.5, 0.6) is 0 Å². The smallest absolute Gasteiger partial charge is 0.137 e. The largest absolute Gasteiger partial charge is 0.381 e. The zero-order chi connectivity index (χ0) is 14.5. The lowest BCUT2D eigenvalue weighted by Crippen LogP contribution is -2.02. The average Bonchev–Trinajstić information content (AvgIpc) is 3.00. The fourth-order valence-electron chi connectivity index (χ4n) is 2.09. The summed E-state index contributed by atoms with van der Waals surface area (Å²) < 4.78 is 2.91. The van der Waals surface area contributed by atoms with Crippen LogP contribution in [0.25, 0.3) is 0 Å². The van der Waals surface area contributed by atoms with E-state index in [1.807, 2.05) is 4.68 Å². The molecule has 1 heterocycles. The summed E-state index contributed by atoms with van der Waals surface area (Å²) in [6.45, 7) is 1.54. The SMILES string of the molecule is Brc1ccc(CNc2cccc(Cn3cncn3)c2)cc1. The van der Waals surface area contributed by atoms with Gasteiger partial charge in [-0.3, -0.25) is 0 Å². The minimum Gasteiger partial charge on any atom is -0.381 e. The Balaban J connectivity index is 1.64. The summed E-state index contributed by atoms with van der Waals surface area (Å²) in [6, 6.07) is 16.7. The van der Waals surface area contributed by atoms with Crippen LogP contribution in [0.2, 0.25) is 0 Å². The first kappa shape index (κ1) is 13.8. The van der Waals surface area contributed by atoms with Crippen molar-refractivity contribution >= 4 is 21.6 Å². The molecule has 0 unspecified atom stereocenters. The third-order valence-electron chi connectivity index (χ3n) is 3.15. The van der Waals surface area contributed by atoms with Gasteiger partial charge in [0.25, 0.3) is 0 Å². The van der Waals surface area contributed by atoms with E-state index in [1.165, 1.54) is 11.1 Å². The Hall–Kier alpha value is -2.14. The third-order valence-corrected chi connectivity index (χ3v) is 3.68. The van der Waals surface area contributed by atoms with Gasteiger partial charge in [-0.15, -0.1) is 0 Å². The quantitative estimate of drug-likeness (QED) is 0.768. The molecule has 5 heteroatoms. The summed E-state index contributed by atoms with van der Waals surface area (Å²) >= 11 is 3.45. The Morgan fingerprint density at radius 1 is 1.05 bits per heavy atom. The zero-order valence-corrected chi connectivity index (χ0v) is 13.0. The Labute approximate surface area is 132 Å². The van der Waals surface area contributed by atoms with Gasteiger partial charge in [-0.2, -0.15) is 5.10 Å². The molecule has 0 aliphatic carbocycles. The number of aromatic nitrogens is 3. The second-order valence-electron chi connectivity index (χ2n) is 4.77. The van der Waals surface area contributed by atoms with E-state index in [0.29, 0.717) is 0 Å². The molecule has 1 N–H and O–H groups in total. The lowest BCUT2D eigenvalue weighted by Gasteiger charge is -2.09. The molecule has 0 aliphatic heterocycles. The lowest BCUT2D eigenvalue weighted by molar-refractivity contribution is 0.685. The van der Waals surface area contributed by atoms with Gasteiger partial charge in [-0.25, -0.2) is 9.67 Å². The number of nitrogens with one attached hydrogen (secondary N) is 1. The van der Waals surface area contributed by atoms with Crippen LogP contribution in [0, 0.1) is 0 Å². The van der Waals surface area contributed by atoms with Crippen molar-refractivity contribution in [1.82, 2.24) is 14.8 Å². The molecule has 0 bridgehead atoms. The fraction of sp³-hybridized carbons (Fsp3) is 0.125. The highest BCUT2D eigenvalue weighted by Crippen LogP contribution is 2.15. The number of nitrogens with zero attached hydrogens (tertiary/aromatic N) is 3. The molecule has 0 saturated carbocycles. The molecular formula is C16H15BrN4. The standard InChI is InChI=1S/C16H15BrN4/c17-15-6-4-13(5-7-15)9-19-16-3-1-2-14(8-16)10-21-12-18-11-20-21/h1-8,11-12,19H,9-10H2. The number of hydrogen-bond acceptors (Lipinski definition) is 3. The second-order valence-corrected chi connectivity index (χ2v) is 5.69. The first-order valence-electron chi connectivity index (χ1n) is 6.69. The van der Waals surface area contributed by atoms with E-state index in [1.54, 1.807) is 12.7 Å². The molecule has 1 aromatic heterocycles. The van der Waals surface area contributed by atoms with Gasteiger partial charge in [0.2, 0.25) is 0 Å². The van der Waals surface area contributed by atoms with E-state index < -0.39 is 0 Å². The summed E-state index contributed by atoms with van der Waals surface area (Å²) in [5, 5.41) is 7.56. The van der Waals surface area contributed by atoms with Gasteiger partial charge < -0.3 is 5.32 Å². The van der Waals surface area contributed by atoms with Crippen molar-refractivity contribution in [3.63, 3.8) is 0 Å². The van der Waals surface area contributed by atoms with Crippen molar-refractivity contribution < 1.29 is 0 Å². The van der Waals surface area contributed by atoms with E-state index in [4.69, 9.17) is 0 Å². The van der Waals surface area contributed by atoms with E-state index in [0.717, 1.165) is 23.2 Å². The minimum absolute atomic E-state index is 0.730. The molecule has 3 rings (SSSR count). The maximum atomic E-state index is 4.12. The molecule has 2 aromatic carbocycles. The summed E-state index contributed by atoms with van der Waals surface area (Å²) in [5.41, 5.74) is 3.55. The Morgan fingerprint density at radius 3 is 2.67 bits per heavy atom. The number of benzene rings is 2. The molecule has 21 heavy (non-hydrogen) atoms. The first-order chi connectivity index (χ1) is 10.3. The summed E-state index contributed by atoms with van der Waals surface area (Å²) in [4.78, 5) is 3.96. The minimum atomic E-state index is 0.730. The van der Waals surface area contributed by atoms with Crippen LogP contribution >= 0.6 is 15.9 Å². The summed E-state index contributed by atoms with van der Waals surface area (Å²) in [5.74, 6) is 0. The molecule has 3 aromatic rings. The van der Waals surface area contributed by atoms with Crippen LogP contribution in [0.1, 0.15) is 11.1 Å². The zero-order valence-electron chi connectivity index (χ0n) is 11.4. The average molecular weight is 343 g/mol. The van der Waals surface area contributed by atoms with Crippen molar-refractivity contribution in [2.24, 2.45) is 0 Å². The number of hydrogen-bond donors (Lipinski definition) is 1. The fourth-order valence-corrected chi connectivity index (χ4v) is 2.35. The molecule has 0 atom stereocenters. The maximum Gasteiger partial charge on any atom is 0.137 e. The van der Waals surface area contributed by atoms with Gasteiger partial charge in [0.05, 0.1) is 6.54 Å². The molecule has 0 fully saturated rings. The van der Waals surface area contributed by atoms with Crippen LogP contribution < -0.4 is 5.32 Å². The molecule has 0 spiro atoms. The lowest BCUT2D eigenvalue weighted by atomic mass is 10.2. The number of anilines is 1. The maximum absolute atomic E-state index is 4.12. The van der Waals surface area contributed by atoms with E-state index in [9.17, 15) is 0 Å². The molecular weight excluding hydrogens is 328 g/mol. The van der Waals surface area contributed by atoms with Crippen molar-refractivity contribution in [2.45, 2.75) is 13.1 Å². The predicted octanol–water partition coefficient (Wildman–Crippen LogP) is 3.70. The normalized spacial score (nSPS) is 10.5. The van der Waals surface area contributed by atoms with Gasteiger partial charge in [0.15, 0.2) is 0 Å². The van der Waals surface area contributed by atoms with Crippen LogP contribution in [0.15, 0.2) is 65.7 Å². The van der Waals surface area contributed by atoms with Crippen LogP contribution in [-0.2, 0) is 13.1 Å². The van der Waals surface area contributed by atoms with Gasteiger partial charge in [0.1, 0.15) is 12.7 Å². The van der Waals surface area contributed by atoms with Gasteiger partial charge >= 0.3 is 0 Å². The van der Waals surface area contributed by atoms with E-state index in [2.05, 4.69) is 79.9 Å². The molecule has 0 aliphatic rings. The number of rotatable bonds is 5. The topological polar surface area (TPSA) is 42.7 Å². The van der Waals surface area contributed by atoms with Crippen molar-refractivity contribution in [1.29, 1.82) is 0 Å². The van der Waals surface area contributed by atoms with Crippen molar-refractivity contribution in [3.8, 4) is 0 Å². The Morgan fingerprint density at radius 2 is 1.90 bits per heavy atom. The van der Waals surface area contributed by atoms with Crippen LogP contribution in [0.4, 0.5) is 5.69 Å². The van der Waals surface area contributed by atoms with Crippen LogP contribution in [-0.4, -0.2) is 14.8 Å². The highest BCUT2D eigenvalue weighted by atomic mass is 79.9. The van der Waals surface area contributed by atoms with Crippen molar-refractivity contribution in [2.75, 3.05) is 5.32 Å². The highest BCUT2D eigenvalue weighted by molar-refractivity contribution is 9.10. The second kappa shape index (κ2) is 6.54. The van der Waals surface area contributed by atoms with Gasteiger partial charge in [-0.1, -0.05) is 40.2 Å². The van der Waals surface area contributed by atoms with Gasteiger partial charge in [-0.05, 0) is 35.4 Å². The molecule has 0 amide bonds. The van der Waals surface area contributed by atoms with Gasteiger partial charge in [0, 0.05) is 16.7 Å². The van der Waals surface area contributed by atoms with Crippen LogP contribution in [0.3, 0.4) is 0 Å². The van der Waals surface area contributed by atoms with E-state index in [-0.39, 0.29) is 0 Å². The molecule has 0 radical (unpaired) electrons. The Kier molecular flexibility index (Phi) is 4.31. The molecule has 106 valence electrons. The van der Waals surface area contributed by atoms with Crippen molar-refractivity contribution in [3.05, 3.63) is 76.8 Å². The summed E-state index contributed by atoms with van der Waals surface area (Å²) in [6.07, 6.45) is 3.28. The molecule has 4 nitrogen and oxygen atoms in total. The first-order valence-corrected chi connectivity index (χ1v) is 7.48. The summed E-state index contributed by atoms with van der Waals surface area (Å²) in [7, 11) is 0. The van der Waals surface area contributed by atoms with E-state index >= 15 is 0 Å². The predicted molar refractivity (Wildman–Crippen MR) is 87.0 cm³/mol. The highest BCUT2D eigenvalue weighted by Gasteiger charge is 1.99. The monoisotopic (exact) mass is 342 g/mol. The Bertz CT molecular complexity index is 693.